The molecule has 0 aliphatic carbocycles. The van der Waals surface area contributed by atoms with Gasteiger partial charge in [-0.25, -0.2) is 14.2 Å². The van der Waals surface area contributed by atoms with Gasteiger partial charge >= 0.3 is 6.09 Å². The first-order valence-corrected chi connectivity index (χ1v) is 14.0. The Morgan fingerprint density at radius 3 is 2.52 bits per heavy atom. The van der Waals surface area contributed by atoms with Crippen LogP contribution in [0, 0.1) is 5.82 Å². The van der Waals surface area contributed by atoms with Crippen LogP contribution >= 0.6 is 11.6 Å². The second-order valence-electron chi connectivity index (χ2n) is 10.7. The first-order chi connectivity index (χ1) is 19.1. The molecule has 1 unspecified atom stereocenters. The summed E-state index contributed by atoms with van der Waals surface area (Å²) >= 11 is 6.27. The zero-order valence-corrected chi connectivity index (χ0v) is 24.0. The number of amides is 2. The number of benzene rings is 2. The first-order valence-electron chi connectivity index (χ1n) is 13.6. The smallest absolute Gasteiger partial charge is 0.410 e. The minimum Gasteiger partial charge on any atom is -0.465 e. The van der Waals surface area contributed by atoms with Crippen LogP contribution in [0.15, 0.2) is 48.7 Å². The van der Waals surface area contributed by atoms with Crippen molar-refractivity contribution in [3.05, 3.63) is 70.6 Å². The Labute approximate surface area is 239 Å². The molecule has 4 rings (SSSR count). The number of halogens is 2. The van der Waals surface area contributed by atoms with Gasteiger partial charge in [0, 0.05) is 62.8 Å². The third-order valence-electron chi connectivity index (χ3n) is 7.71. The van der Waals surface area contributed by atoms with Crippen LogP contribution in [0.25, 0.3) is 10.8 Å². The van der Waals surface area contributed by atoms with Gasteiger partial charge in [-0.3, -0.25) is 19.9 Å². The highest BCUT2D eigenvalue weighted by Crippen LogP contribution is 2.27. The standard InChI is InChI=1S/C30H37ClFN5O3/c1-20(2)36-12-14-37(15-13-36)28(38)11-10-24(35(3)19-23-8-5-9-26(32)29(23)31)16-21-6-4-7-22-18-33-27(17-25(21)22)34-30(39)40/h4-9,17-18,20,24H,10-16,19H2,1-3H3,(H,33,34)(H,39,40). The van der Waals surface area contributed by atoms with Gasteiger partial charge in [-0.1, -0.05) is 41.9 Å². The number of hydrogen-bond acceptors (Lipinski definition) is 5. The van der Waals surface area contributed by atoms with E-state index in [9.17, 15) is 14.0 Å². The molecule has 1 fully saturated rings. The average Bonchev–Trinajstić information content (AvgIpc) is 2.93. The van der Waals surface area contributed by atoms with Gasteiger partial charge < -0.3 is 10.0 Å². The maximum absolute atomic E-state index is 14.2. The third kappa shape index (κ3) is 7.47. The number of hydrogen-bond donors (Lipinski definition) is 2. The number of rotatable bonds is 10. The number of aromatic nitrogens is 1. The lowest BCUT2D eigenvalue weighted by Crippen LogP contribution is -2.50. The zero-order valence-electron chi connectivity index (χ0n) is 23.2. The van der Waals surface area contributed by atoms with E-state index in [0.717, 1.165) is 42.5 Å². The molecule has 1 saturated heterocycles. The molecule has 2 amide bonds. The molecule has 0 spiro atoms. The normalized spacial score (nSPS) is 15.1. The van der Waals surface area contributed by atoms with E-state index in [2.05, 4.69) is 33.9 Å². The van der Waals surface area contributed by atoms with Gasteiger partial charge in [-0.05, 0) is 62.4 Å². The maximum atomic E-state index is 14.2. The number of carbonyl (C=O) groups is 2. The summed E-state index contributed by atoms with van der Waals surface area (Å²) in [6.07, 6.45) is 2.07. The van der Waals surface area contributed by atoms with Crippen LogP contribution in [-0.4, -0.2) is 82.1 Å². The Morgan fingerprint density at radius 1 is 1.12 bits per heavy atom. The van der Waals surface area contributed by atoms with E-state index in [1.807, 2.05) is 36.2 Å². The summed E-state index contributed by atoms with van der Waals surface area (Å²) in [6.45, 7) is 7.97. The number of nitrogens with zero attached hydrogens (tertiary/aromatic N) is 4. The molecule has 8 nitrogen and oxygen atoms in total. The van der Waals surface area contributed by atoms with Crippen LogP contribution in [0.4, 0.5) is 15.0 Å². The molecule has 10 heteroatoms. The van der Waals surface area contributed by atoms with Crippen molar-refractivity contribution in [2.75, 3.05) is 38.5 Å². The summed E-state index contributed by atoms with van der Waals surface area (Å²) in [5.74, 6) is -0.0693. The molecule has 0 saturated carbocycles. The van der Waals surface area contributed by atoms with Crippen molar-refractivity contribution < 1.29 is 19.1 Å². The Morgan fingerprint density at radius 2 is 1.82 bits per heavy atom. The predicted molar refractivity (Wildman–Crippen MR) is 156 cm³/mol. The second-order valence-corrected chi connectivity index (χ2v) is 11.1. The SMILES string of the molecule is CC(C)N1CCN(C(=O)CCC(Cc2cccc3cnc(NC(=O)O)cc23)N(C)Cc2cccc(F)c2Cl)CC1. The van der Waals surface area contributed by atoms with E-state index in [0.29, 0.717) is 37.4 Å². The molecule has 2 heterocycles. The molecular weight excluding hydrogens is 533 g/mol. The number of nitrogens with one attached hydrogen (secondary N) is 1. The molecule has 2 N–H and O–H groups in total. The number of anilines is 1. The van der Waals surface area contributed by atoms with Gasteiger partial charge in [0.2, 0.25) is 5.91 Å². The molecule has 0 bridgehead atoms. The molecule has 40 heavy (non-hydrogen) atoms. The number of fused-ring (bicyclic) bond motifs is 1. The molecule has 2 aromatic carbocycles. The number of pyridine rings is 1. The van der Waals surface area contributed by atoms with Gasteiger partial charge in [0.15, 0.2) is 0 Å². The van der Waals surface area contributed by atoms with Crippen molar-refractivity contribution in [2.45, 2.75) is 51.7 Å². The zero-order chi connectivity index (χ0) is 28.8. The number of piperazine rings is 1. The fraction of sp³-hybridized carbons (Fsp3) is 0.433. The van der Waals surface area contributed by atoms with Crippen LogP contribution in [0.1, 0.15) is 37.8 Å². The number of carbonyl (C=O) groups excluding carboxylic acids is 1. The summed E-state index contributed by atoms with van der Waals surface area (Å²) < 4.78 is 14.2. The van der Waals surface area contributed by atoms with Gasteiger partial charge in [0.1, 0.15) is 11.6 Å². The van der Waals surface area contributed by atoms with Crippen LogP contribution < -0.4 is 5.32 Å². The predicted octanol–water partition coefficient (Wildman–Crippen LogP) is 5.49. The highest BCUT2D eigenvalue weighted by atomic mass is 35.5. The molecule has 1 aliphatic heterocycles. The van der Waals surface area contributed by atoms with Crippen molar-refractivity contribution in [1.29, 1.82) is 0 Å². The average molecular weight is 570 g/mol. The molecule has 1 aliphatic rings. The highest BCUT2D eigenvalue weighted by Gasteiger charge is 2.25. The van der Waals surface area contributed by atoms with E-state index >= 15 is 0 Å². The van der Waals surface area contributed by atoms with Gasteiger partial charge in [-0.2, -0.15) is 0 Å². The minimum absolute atomic E-state index is 0.0603. The van der Waals surface area contributed by atoms with Crippen LogP contribution in [0.5, 0.6) is 0 Å². The molecule has 1 aromatic heterocycles. The molecule has 1 atom stereocenters. The Kier molecular flexibility index (Phi) is 9.95. The third-order valence-corrected chi connectivity index (χ3v) is 8.13. The molecule has 3 aromatic rings. The first kappa shape index (κ1) is 29.7. The van der Waals surface area contributed by atoms with Crippen molar-refractivity contribution >= 4 is 40.2 Å². The summed E-state index contributed by atoms with van der Waals surface area (Å²) in [4.78, 5) is 35.0. The maximum Gasteiger partial charge on any atom is 0.410 e. The number of carboxylic acid groups (broad SMARTS) is 1. The Bertz CT molecular complexity index is 1350. The van der Waals surface area contributed by atoms with Crippen LogP contribution in [0.3, 0.4) is 0 Å². The molecular formula is C30H37ClFN5O3. The van der Waals surface area contributed by atoms with Crippen molar-refractivity contribution in [1.82, 2.24) is 19.7 Å². The largest absolute Gasteiger partial charge is 0.465 e. The fourth-order valence-electron chi connectivity index (χ4n) is 5.33. The lowest BCUT2D eigenvalue weighted by molar-refractivity contribution is -0.133. The topological polar surface area (TPSA) is 89.0 Å². The van der Waals surface area contributed by atoms with Crippen molar-refractivity contribution in [3.8, 4) is 0 Å². The highest BCUT2D eigenvalue weighted by molar-refractivity contribution is 6.31. The molecule has 0 radical (unpaired) electrons. The summed E-state index contributed by atoms with van der Waals surface area (Å²) in [7, 11) is 1.96. The second kappa shape index (κ2) is 13.4. The van der Waals surface area contributed by atoms with Gasteiger partial charge in [0.05, 0.1) is 5.02 Å². The van der Waals surface area contributed by atoms with Crippen molar-refractivity contribution in [3.63, 3.8) is 0 Å². The van der Waals surface area contributed by atoms with Crippen molar-refractivity contribution in [2.24, 2.45) is 0 Å². The summed E-state index contributed by atoms with van der Waals surface area (Å²) in [5.41, 5.74) is 1.69. The Balaban J connectivity index is 1.55. The molecule has 214 valence electrons. The Hall–Kier alpha value is -3.27. The van der Waals surface area contributed by atoms with Gasteiger partial charge in [0.25, 0.3) is 0 Å². The van der Waals surface area contributed by atoms with E-state index in [1.165, 1.54) is 6.07 Å². The fourth-order valence-corrected chi connectivity index (χ4v) is 5.51. The van der Waals surface area contributed by atoms with E-state index in [4.69, 9.17) is 16.7 Å². The summed E-state index contributed by atoms with van der Waals surface area (Å²) in [6, 6.07) is 12.8. The van der Waals surface area contributed by atoms with E-state index in [-0.39, 0.29) is 22.8 Å². The van der Waals surface area contributed by atoms with E-state index < -0.39 is 11.9 Å². The van der Waals surface area contributed by atoms with Crippen LogP contribution in [-0.2, 0) is 17.8 Å². The minimum atomic E-state index is -1.18. The number of likely N-dealkylation sites (N-methyl/N-ethyl adjacent to an activating group) is 1. The van der Waals surface area contributed by atoms with E-state index in [1.54, 1.807) is 18.3 Å². The summed E-state index contributed by atoms with van der Waals surface area (Å²) in [5, 5.41) is 13.4. The quantitative estimate of drug-likeness (QED) is 0.335. The van der Waals surface area contributed by atoms with Crippen LogP contribution in [0.2, 0.25) is 5.02 Å². The lowest BCUT2D eigenvalue weighted by atomic mass is 9.95. The van der Waals surface area contributed by atoms with Gasteiger partial charge in [-0.15, -0.1) is 0 Å². The lowest BCUT2D eigenvalue weighted by Gasteiger charge is -2.37. The monoisotopic (exact) mass is 569 g/mol.